The second-order valence-electron chi connectivity index (χ2n) is 5.61. The Hall–Kier alpha value is -2.33. The maximum absolute atomic E-state index is 14.3. The number of piperidine rings is 1. The van der Waals surface area contributed by atoms with Crippen molar-refractivity contribution in [3.8, 4) is 11.5 Å². The van der Waals surface area contributed by atoms with Crippen LogP contribution in [0.3, 0.4) is 0 Å². The SMILES string of the molecule is [2H]c1c([2H])c(C([2H])([2H])N2C([2H])([2H])C([2H])([2H])C([2H])(C([2H])([2H])C3([2H])C(=O)c4c([2H])c(OC([2H])([2H])[2H])c(OC([2H])([2H])[2H])c([2H])c4C3([2H])[2H])C([2H])([2H])C2([2H])[2H])c([2H])c([2H])c1C. The van der Waals surface area contributed by atoms with E-state index in [2.05, 4.69) is 9.47 Å². The molecular formula is C25H31NO3. The first-order chi connectivity index (χ1) is 25.0. The van der Waals surface area contributed by atoms with Crippen LogP contribution in [-0.2, 0) is 12.9 Å². The van der Waals surface area contributed by atoms with Gasteiger partial charge in [0.25, 0.3) is 0 Å². The molecule has 154 valence electrons. The van der Waals surface area contributed by atoms with E-state index < -0.39 is 146 Å². The highest BCUT2D eigenvalue weighted by atomic mass is 16.5. The molecule has 2 aromatic rings. The van der Waals surface area contributed by atoms with Gasteiger partial charge in [0.2, 0.25) is 0 Å². The number of benzene rings is 2. The molecule has 0 saturated carbocycles. The average Bonchev–Trinajstić information content (AvgIpc) is 3.18. The Balaban J connectivity index is 2.12. The van der Waals surface area contributed by atoms with Crippen molar-refractivity contribution in [1.82, 2.24) is 4.90 Å². The molecule has 1 atom stereocenters. The summed E-state index contributed by atoms with van der Waals surface area (Å²) in [4.78, 5) is 13.4. The molecule has 1 unspecified atom stereocenters. The number of Topliss-reactive ketones (excluding diaryl/α,β-unsaturated/α-hetero) is 1. The van der Waals surface area contributed by atoms with Gasteiger partial charge in [0.15, 0.2) is 17.3 Å². The lowest BCUT2D eigenvalue weighted by Crippen LogP contribution is -2.34. The van der Waals surface area contributed by atoms with Gasteiger partial charge in [-0.1, -0.05) is 29.7 Å². The molecule has 0 radical (unpaired) electrons. The number of fused-ring (bicyclic) bond motifs is 1. The number of nitrogens with zero attached hydrogens (tertiary/aromatic N) is 1. The van der Waals surface area contributed by atoms with E-state index in [1.807, 2.05) is 0 Å². The highest BCUT2D eigenvalue weighted by Crippen LogP contribution is 2.39. The number of hydrogen-bond acceptors (Lipinski definition) is 4. The summed E-state index contributed by atoms with van der Waals surface area (Å²) in [6.07, 6.45) is -18.8. The Morgan fingerprint density at radius 2 is 1.90 bits per heavy atom. The maximum Gasteiger partial charge on any atom is 0.166 e. The second kappa shape index (κ2) is 8.58. The fourth-order valence-electron chi connectivity index (χ4n) is 2.34. The quantitative estimate of drug-likeness (QED) is 0.679. The van der Waals surface area contributed by atoms with E-state index in [1.54, 1.807) is 0 Å². The number of carbonyl (C=O) groups excluding carboxylic acids is 1. The second-order valence-corrected chi connectivity index (χ2v) is 5.61. The summed E-state index contributed by atoms with van der Waals surface area (Å²) in [5, 5.41) is 0. The summed E-state index contributed by atoms with van der Waals surface area (Å²) >= 11 is 0. The lowest BCUT2D eigenvalue weighted by Gasteiger charge is -2.33. The third-order valence-electron chi connectivity index (χ3n) is 3.65. The molecule has 0 amide bonds. The van der Waals surface area contributed by atoms with Crippen LogP contribution in [0.5, 0.6) is 11.5 Å². The van der Waals surface area contributed by atoms with Crippen molar-refractivity contribution in [2.24, 2.45) is 11.8 Å². The van der Waals surface area contributed by atoms with Crippen LogP contribution in [0.1, 0.15) is 84.5 Å². The van der Waals surface area contributed by atoms with Gasteiger partial charge in [-0.15, -0.1) is 0 Å². The molecule has 4 heteroatoms. The van der Waals surface area contributed by atoms with Gasteiger partial charge >= 0.3 is 0 Å². The van der Waals surface area contributed by atoms with Crippen LogP contribution in [0.2, 0.25) is 0 Å². The molecule has 1 saturated heterocycles. The van der Waals surface area contributed by atoms with Crippen LogP contribution in [-0.4, -0.2) is 37.8 Å². The topological polar surface area (TPSA) is 38.8 Å². The van der Waals surface area contributed by atoms with Crippen molar-refractivity contribution in [3.63, 3.8) is 0 Å². The van der Waals surface area contributed by atoms with Crippen LogP contribution in [0.15, 0.2) is 36.3 Å². The van der Waals surface area contributed by atoms with Gasteiger partial charge < -0.3 is 9.47 Å². The molecule has 1 fully saturated rings. The number of ketones is 1. The first-order valence-corrected chi connectivity index (χ1v) is 7.94. The Morgan fingerprint density at radius 1 is 1.21 bits per heavy atom. The number of rotatable bonds is 6. The summed E-state index contributed by atoms with van der Waals surface area (Å²) in [7, 11) is -7.24. The van der Waals surface area contributed by atoms with E-state index in [1.165, 1.54) is 0 Å². The van der Waals surface area contributed by atoms with E-state index in [4.69, 9.17) is 37.0 Å². The zero-order valence-electron chi connectivity index (χ0n) is 42.7. The zero-order valence-corrected chi connectivity index (χ0v) is 14.7. The summed E-state index contributed by atoms with van der Waals surface area (Å²) in [5.74, 6) is -15.0. The molecule has 4 nitrogen and oxygen atoms in total. The van der Waals surface area contributed by atoms with Crippen molar-refractivity contribution in [2.75, 3.05) is 27.1 Å². The fourth-order valence-corrected chi connectivity index (χ4v) is 2.34. The van der Waals surface area contributed by atoms with E-state index in [-0.39, 0.29) is 5.56 Å². The van der Waals surface area contributed by atoms with Crippen molar-refractivity contribution in [1.29, 1.82) is 0 Å². The number of likely N-dealkylation sites (tertiary alicyclic amines) is 1. The number of methoxy groups -OCH3 is 2. The van der Waals surface area contributed by atoms with Crippen molar-refractivity contribution in [3.05, 3.63) is 58.5 Å². The molecule has 1 heterocycles. The molecule has 2 aromatic carbocycles. The maximum atomic E-state index is 14.3. The van der Waals surface area contributed by atoms with Gasteiger partial charge in [-0.3, -0.25) is 9.69 Å². The summed E-state index contributed by atoms with van der Waals surface area (Å²) in [6, 6.07) is -7.63. The minimum Gasteiger partial charge on any atom is -0.493 e. The van der Waals surface area contributed by atoms with Crippen LogP contribution in [0.4, 0.5) is 0 Å². The smallest absolute Gasteiger partial charge is 0.166 e. The number of ether oxygens (including phenoxy) is 2. The minimum atomic E-state index is -4.96. The third kappa shape index (κ3) is 4.32. The van der Waals surface area contributed by atoms with Gasteiger partial charge in [-0.2, -0.15) is 0 Å². The number of carbonyl (C=O) groups is 1. The third-order valence-corrected chi connectivity index (χ3v) is 3.65. The van der Waals surface area contributed by atoms with E-state index in [0.717, 1.165) is 6.92 Å². The molecule has 29 heavy (non-hydrogen) atoms. The van der Waals surface area contributed by atoms with Gasteiger partial charge in [-0.05, 0) is 74.5 Å². The monoisotopic (exact) mass is 421 g/mol. The molecule has 2 aliphatic rings. The molecule has 0 N–H and O–H groups in total. The Morgan fingerprint density at radius 3 is 2.59 bits per heavy atom. The summed E-state index contributed by atoms with van der Waals surface area (Å²) < 4.78 is 246. The normalized spacial score (nSPS) is 48.2. The molecule has 0 spiro atoms. The van der Waals surface area contributed by atoms with E-state index >= 15 is 0 Å². The van der Waals surface area contributed by atoms with Crippen molar-refractivity contribution < 1.29 is 52.6 Å². The van der Waals surface area contributed by atoms with Crippen molar-refractivity contribution in [2.45, 2.75) is 38.9 Å². The van der Waals surface area contributed by atoms with Gasteiger partial charge in [-0.25, -0.2) is 0 Å². The molecule has 4 rings (SSSR count). The zero-order chi connectivity index (χ0) is 45.0. The highest BCUT2D eigenvalue weighted by molar-refractivity contribution is 6.02. The predicted octanol–water partition coefficient (Wildman–Crippen LogP) is 4.67. The van der Waals surface area contributed by atoms with Crippen LogP contribution in [0, 0.1) is 18.7 Å². The van der Waals surface area contributed by atoms with Gasteiger partial charge in [0.05, 0.1) is 30.5 Å². The Labute approximate surface area is 213 Å². The molecule has 0 aromatic heterocycles. The van der Waals surface area contributed by atoms with Crippen LogP contribution >= 0.6 is 0 Å². The highest BCUT2D eigenvalue weighted by Gasteiger charge is 2.34. The summed E-state index contributed by atoms with van der Waals surface area (Å²) in [5.41, 5.74) is -5.00. The first-order valence-electron chi connectivity index (χ1n) is 21.9. The number of hydrogen-bond donors (Lipinski definition) is 0. The minimum absolute atomic E-state index is 0.365. The van der Waals surface area contributed by atoms with E-state index in [0.29, 0.717) is 0 Å². The lowest BCUT2D eigenvalue weighted by atomic mass is 9.85. The fraction of sp³-hybridized carbons (Fsp3) is 0.480. The lowest BCUT2D eigenvalue weighted by molar-refractivity contribution is 0.0895. The van der Waals surface area contributed by atoms with Gasteiger partial charge in [0.1, 0.15) is 0 Å². The standard InChI is InChI=1S/C25H31NO3/c1-17-4-6-19(7-5-17)16-26-10-8-18(9-11-26)12-21-13-20-14-23(28-2)24(29-3)15-22(20)25(21)27/h4-7,14-15,18,21H,8-13,16H2,1-3H3/i2D3,3D3,4D,5D,6D,7D,8D2,9D2,10D2,11D2,12D2,13D2,14D,15D,16D2,18D,21D. The van der Waals surface area contributed by atoms with Gasteiger partial charge in [0, 0.05) is 39.9 Å². The molecule has 0 bridgehead atoms. The molecular weight excluding hydrogens is 362 g/mol. The first kappa shape index (κ1) is 5.28. The van der Waals surface area contributed by atoms with Crippen LogP contribution < -0.4 is 9.47 Å². The average molecular weight is 422 g/mol. The molecule has 1 aliphatic carbocycles. The largest absolute Gasteiger partial charge is 0.493 e. The van der Waals surface area contributed by atoms with Crippen LogP contribution in [0.25, 0.3) is 0 Å². The van der Waals surface area contributed by atoms with Crippen molar-refractivity contribution >= 4 is 5.78 Å². The Bertz CT molecular complexity index is 1990. The Kier molecular flexibility index (Phi) is 1.56. The summed E-state index contributed by atoms with van der Waals surface area (Å²) in [6.45, 7) is -12.2. The van der Waals surface area contributed by atoms with E-state index in [9.17, 15) is 6.17 Å². The molecule has 1 aliphatic heterocycles. The predicted molar refractivity (Wildman–Crippen MR) is 115 cm³/mol.